The molecule has 0 saturated heterocycles. The second-order valence-corrected chi connectivity index (χ2v) is 6.74. The Labute approximate surface area is 142 Å². The van der Waals surface area contributed by atoms with Crippen molar-refractivity contribution in [2.24, 2.45) is 0 Å². The van der Waals surface area contributed by atoms with Crippen LogP contribution in [0.25, 0.3) is 0 Å². The van der Waals surface area contributed by atoms with E-state index in [9.17, 15) is 0 Å². The molecular formula is C21H34N2. The lowest BCUT2D eigenvalue weighted by molar-refractivity contribution is 0.556. The highest BCUT2D eigenvalue weighted by atomic mass is 15.5. The highest BCUT2D eigenvalue weighted by Gasteiger charge is 2.06. The maximum atomic E-state index is 3.23. The van der Waals surface area contributed by atoms with E-state index in [1.807, 2.05) is 6.20 Å². The molecule has 0 unspecified atom stereocenters. The summed E-state index contributed by atoms with van der Waals surface area (Å²) in [6.07, 6.45) is 19.5. The van der Waals surface area contributed by atoms with Gasteiger partial charge in [0, 0.05) is 6.20 Å². The highest BCUT2D eigenvalue weighted by molar-refractivity contribution is 5.48. The van der Waals surface area contributed by atoms with E-state index in [-0.39, 0.29) is 0 Å². The first kappa shape index (κ1) is 17.9. The summed E-state index contributed by atoms with van der Waals surface area (Å²) >= 11 is 0. The molecule has 1 aromatic rings. The van der Waals surface area contributed by atoms with Crippen LogP contribution in [0, 0.1) is 0 Å². The van der Waals surface area contributed by atoms with Crippen LogP contribution in [0.3, 0.4) is 0 Å². The number of aryl methyl sites for hydroxylation is 1. The molecule has 0 spiro atoms. The minimum atomic E-state index is 0.956. The summed E-state index contributed by atoms with van der Waals surface area (Å²) in [7, 11) is 0. The standard InChI is InChI=1S/C21H34N2/c1-2-3-4-5-6-7-8-9-10-11-13-20-14-16-21(17-15-20)23-19-12-18-22-23/h12,14-18,22H,2-11,13,19H2,1H3. The summed E-state index contributed by atoms with van der Waals surface area (Å²) in [5.74, 6) is 0. The van der Waals surface area contributed by atoms with Gasteiger partial charge in [0.15, 0.2) is 0 Å². The fourth-order valence-electron chi connectivity index (χ4n) is 3.19. The molecule has 0 atom stereocenters. The monoisotopic (exact) mass is 314 g/mol. The zero-order chi connectivity index (χ0) is 16.2. The van der Waals surface area contributed by atoms with E-state index in [1.54, 1.807) is 0 Å². The Bertz CT molecular complexity index is 428. The van der Waals surface area contributed by atoms with Crippen LogP contribution in [0.15, 0.2) is 36.5 Å². The van der Waals surface area contributed by atoms with Gasteiger partial charge in [0.25, 0.3) is 0 Å². The van der Waals surface area contributed by atoms with Crippen LogP contribution in [0.4, 0.5) is 5.69 Å². The Morgan fingerprint density at radius 2 is 1.43 bits per heavy atom. The molecule has 1 aliphatic rings. The summed E-state index contributed by atoms with van der Waals surface area (Å²) in [6, 6.07) is 9.02. The van der Waals surface area contributed by atoms with Crippen molar-refractivity contribution in [1.82, 2.24) is 5.43 Å². The molecular weight excluding hydrogens is 280 g/mol. The quantitative estimate of drug-likeness (QED) is 0.477. The van der Waals surface area contributed by atoms with E-state index >= 15 is 0 Å². The number of rotatable bonds is 12. The van der Waals surface area contributed by atoms with Crippen LogP contribution in [-0.2, 0) is 6.42 Å². The third kappa shape index (κ3) is 7.11. The molecule has 128 valence electrons. The Morgan fingerprint density at radius 1 is 0.826 bits per heavy atom. The molecule has 2 nitrogen and oxygen atoms in total. The first-order valence-electron chi connectivity index (χ1n) is 9.68. The van der Waals surface area contributed by atoms with Gasteiger partial charge in [-0.25, -0.2) is 0 Å². The van der Waals surface area contributed by atoms with Crippen molar-refractivity contribution in [3.8, 4) is 0 Å². The predicted molar refractivity (Wildman–Crippen MR) is 102 cm³/mol. The summed E-state index contributed by atoms with van der Waals surface area (Å²) < 4.78 is 0. The number of benzene rings is 1. The third-order valence-electron chi connectivity index (χ3n) is 4.70. The second-order valence-electron chi connectivity index (χ2n) is 6.74. The van der Waals surface area contributed by atoms with E-state index in [1.165, 1.54) is 81.9 Å². The topological polar surface area (TPSA) is 15.3 Å². The second kappa shape index (κ2) is 11.2. The van der Waals surface area contributed by atoms with Gasteiger partial charge >= 0.3 is 0 Å². The van der Waals surface area contributed by atoms with Gasteiger partial charge in [-0.2, -0.15) is 0 Å². The number of anilines is 1. The molecule has 0 bridgehead atoms. The molecule has 23 heavy (non-hydrogen) atoms. The Hall–Kier alpha value is -1.44. The highest BCUT2D eigenvalue weighted by Crippen LogP contribution is 2.17. The van der Waals surface area contributed by atoms with Crippen molar-refractivity contribution < 1.29 is 0 Å². The molecule has 1 heterocycles. The number of hydrogen-bond donors (Lipinski definition) is 1. The molecule has 0 radical (unpaired) electrons. The molecule has 0 saturated carbocycles. The maximum absolute atomic E-state index is 3.23. The number of hydrazine groups is 1. The fraction of sp³-hybridized carbons (Fsp3) is 0.619. The van der Waals surface area contributed by atoms with Crippen LogP contribution in [0.2, 0.25) is 0 Å². The van der Waals surface area contributed by atoms with E-state index in [0.717, 1.165) is 6.54 Å². The average Bonchev–Trinajstić information content (AvgIpc) is 3.12. The Morgan fingerprint density at radius 3 is 2.00 bits per heavy atom. The van der Waals surface area contributed by atoms with Gasteiger partial charge in [0.05, 0.1) is 12.2 Å². The third-order valence-corrected chi connectivity index (χ3v) is 4.70. The Kier molecular flexibility index (Phi) is 8.68. The van der Waals surface area contributed by atoms with Gasteiger partial charge < -0.3 is 5.43 Å². The minimum Gasteiger partial charge on any atom is -0.306 e. The van der Waals surface area contributed by atoms with Crippen LogP contribution in [0.5, 0.6) is 0 Å². The largest absolute Gasteiger partial charge is 0.306 e. The Balaban J connectivity index is 1.48. The molecule has 2 heteroatoms. The van der Waals surface area contributed by atoms with E-state index in [2.05, 4.69) is 47.7 Å². The normalized spacial score (nSPS) is 13.5. The van der Waals surface area contributed by atoms with Crippen LogP contribution in [-0.4, -0.2) is 6.54 Å². The van der Waals surface area contributed by atoms with Gasteiger partial charge in [-0.1, -0.05) is 76.8 Å². The van der Waals surface area contributed by atoms with Crippen molar-refractivity contribution in [3.63, 3.8) is 0 Å². The molecule has 0 amide bonds. The average molecular weight is 315 g/mol. The lowest BCUT2D eigenvalue weighted by Crippen LogP contribution is -2.29. The first-order chi connectivity index (χ1) is 11.4. The van der Waals surface area contributed by atoms with E-state index in [0.29, 0.717) is 0 Å². The van der Waals surface area contributed by atoms with Gasteiger partial charge in [-0.3, -0.25) is 5.01 Å². The smallest absolute Gasteiger partial charge is 0.0592 e. The van der Waals surface area contributed by atoms with Gasteiger partial charge in [-0.15, -0.1) is 0 Å². The van der Waals surface area contributed by atoms with Crippen molar-refractivity contribution in [2.45, 2.75) is 77.6 Å². The molecule has 0 aliphatic carbocycles. The zero-order valence-electron chi connectivity index (χ0n) is 14.9. The number of nitrogens with one attached hydrogen (secondary N) is 1. The fourth-order valence-corrected chi connectivity index (χ4v) is 3.19. The molecule has 0 aromatic heterocycles. The minimum absolute atomic E-state index is 0.956. The van der Waals surface area contributed by atoms with E-state index in [4.69, 9.17) is 0 Å². The molecule has 2 rings (SSSR count). The summed E-state index contributed by atoms with van der Waals surface area (Å²) in [5.41, 5.74) is 5.96. The van der Waals surface area contributed by atoms with Crippen LogP contribution >= 0.6 is 0 Å². The van der Waals surface area contributed by atoms with Gasteiger partial charge in [-0.05, 0) is 36.6 Å². The summed E-state index contributed by atoms with van der Waals surface area (Å²) in [4.78, 5) is 0. The lowest BCUT2D eigenvalue weighted by atomic mass is 10.0. The van der Waals surface area contributed by atoms with Crippen molar-refractivity contribution in [1.29, 1.82) is 0 Å². The van der Waals surface area contributed by atoms with Crippen molar-refractivity contribution in [3.05, 3.63) is 42.1 Å². The van der Waals surface area contributed by atoms with Gasteiger partial charge in [0.2, 0.25) is 0 Å². The van der Waals surface area contributed by atoms with Crippen LogP contribution < -0.4 is 10.4 Å². The van der Waals surface area contributed by atoms with Crippen molar-refractivity contribution in [2.75, 3.05) is 11.6 Å². The van der Waals surface area contributed by atoms with Crippen LogP contribution in [0.1, 0.15) is 76.7 Å². The first-order valence-corrected chi connectivity index (χ1v) is 9.68. The molecule has 1 N–H and O–H groups in total. The molecule has 1 aliphatic heterocycles. The maximum Gasteiger partial charge on any atom is 0.0592 e. The lowest BCUT2D eigenvalue weighted by Gasteiger charge is -2.18. The molecule has 1 aromatic carbocycles. The number of hydrogen-bond acceptors (Lipinski definition) is 2. The number of unbranched alkanes of at least 4 members (excludes halogenated alkanes) is 9. The number of nitrogens with zero attached hydrogens (tertiary/aromatic N) is 1. The summed E-state index contributed by atoms with van der Waals surface area (Å²) in [5, 5.41) is 2.16. The predicted octanol–water partition coefficient (Wildman–Crippen LogP) is 5.99. The zero-order valence-corrected chi connectivity index (χ0v) is 14.9. The molecule has 0 fully saturated rings. The SMILES string of the molecule is CCCCCCCCCCCCc1ccc(N2CC=CN2)cc1. The van der Waals surface area contributed by atoms with E-state index < -0.39 is 0 Å². The summed E-state index contributed by atoms with van der Waals surface area (Å²) in [6.45, 7) is 3.24. The van der Waals surface area contributed by atoms with Gasteiger partial charge in [0.1, 0.15) is 0 Å². The van der Waals surface area contributed by atoms with Crippen molar-refractivity contribution >= 4 is 5.69 Å².